The quantitative estimate of drug-likeness (QED) is 0.275. The fourth-order valence-electron chi connectivity index (χ4n) is 3.00. The molecule has 1 aromatic rings. The second kappa shape index (κ2) is 13.5. The maximum absolute atomic E-state index is 12.6. The highest BCUT2D eigenvalue weighted by Gasteiger charge is 2.19. The van der Waals surface area contributed by atoms with Gasteiger partial charge >= 0.3 is 0 Å². The van der Waals surface area contributed by atoms with Crippen molar-refractivity contribution in [1.29, 1.82) is 0 Å². The Balaban J connectivity index is 1.88. The molecule has 2 N–H and O–H groups in total. The molecule has 0 spiro atoms. The molecule has 1 unspecified atom stereocenters. The first-order chi connectivity index (χ1) is 14.6. The molecular formula is C21H32N2O5S2. The van der Waals surface area contributed by atoms with E-state index in [0.29, 0.717) is 49.1 Å². The molecule has 1 aliphatic rings. The van der Waals surface area contributed by atoms with Crippen molar-refractivity contribution in [2.75, 3.05) is 25.6 Å². The topological polar surface area (TPSA) is 85.9 Å². The van der Waals surface area contributed by atoms with Crippen molar-refractivity contribution in [2.45, 2.75) is 58.1 Å². The average molecular weight is 457 g/mol. The zero-order chi connectivity index (χ0) is 21.8. The number of hydrazine groups is 1. The zero-order valence-corrected chi connectivity index (χ0v) is 19.6. The number of rotatable bonds is 12. The van der Waals surface area contributed by atoms with E-state index in [1.54, 1.807) is 12.1 Å². The van der Waals surface area contributed by atoms with E-state index in [2.05, 4.69) is 10.9 Å². The Hall–Kier alpha value is -1.74. The molecule has 7 nitrogen and oxygen atoms in total. The van der Waals surface area contributed by atoms with Crippen molar-refractivity contribution >= 4 is 33.4 Å². The van der Waals surface area contributed by atoms with E-state index in [-0.39, 0.29) is 5.91 Å². The van der Waals surface area contributed by atoms with E-state index in [9.17, 15) is 9.59 Å². The number of ether oxygens (including phenoxy) is 3. The van der Waals surface area contributed by atoms with E-state index >= 15 is 0 Å². The van der Waals surface area contributed by atoms with Crippen molar-refractivity contribution in [3.05, 3.63) is 17.7 Å². The smallest absolute Gasteiger partial charge is 0.269 e. The van der Waals surface area contributed by atoms with Gasteiger partial charge in [0.05, 0.1) is 19.8 Å². The van der Waals surface area contributed by atoms with E-state index in [1.807, 2.05) is 42.4 Å². The van der Waals surface area contributed by atoms with E-state index in [1.165, 1.54) is 12.2 Å². The summed E-state index contributed by atoms with van der Waals surface area (Å²) in [5.41, 5.74) is 5.29. The van der Waals surface area contributed by atoms with Gasteiger partial charge in [0, 0.05) is 23.0 Å². The van der Waals surface area contributed by atoms with Gasteiger partial charge in [-0.3, -0.25) is 20.4 Å². The molecule has 1 aromatic carbocycles. The Kier molecular flexibility index (Phi) is 11.1. The molecule has 0 aromatic heterocycles. The van der Waals surface area contributed by atoms with Crippen LogP contribution in [-0.2, 0) is 4.79 Å². The fourth-order valence-corrected chi connectivity index (χ4v) is 6.03. The van der Waals surface area contributed by atoms with Crippen molar-refractivity contribution < 1.29 is 23.8 Å². The third-order valence-electron chi connectivity index (χ3n) is 4.39. The van der Waals surface area contributed by atoms with E-state index < -0.39 is 5.91 Å². The molecule has 9 heteroatoms. The Labute approximate surface area is 186 Å². The van der Waals surface area contributed by atoms with Crippen LogP contribution in [0.2, 0.25) is 0 Å². The molecule has 0 bridgehead atoms. The summed E-state index contributed by atoms with van der Waals surface area (Å²) in [5, 5.41) is 0.719. The minimum atomic E-state index is -0.437. The predicted octanol–water partition coefficient (Wildman–Crippen LogP) is 4.36. The lowest BCUT2D eigenvalue weighted by Gasteiger charge is -2.17. The molecule has 1 saturated heterocycles. The first-order valence-corrected chi connectivity index (χ1v) is 12.9. The van der Waals surface area contributed by atoms with Gasteiger partial charge in [0.2, 0.25) is 11.7 Å². The number of hydrogen-bond acceptors (Lipinski definition) is 7. The summed E-state index contributed by atoms with van der Waals surface area (Å²) in [5.74, 6) is 1.93. The van der Waals surface area contributed by atoms with Crippen LogP contribution in [0.25, 0.3) is 0 Å². The Morgan fingerprint density at radius 2 is 1.67 bits per heavy atom. The van der Waals surface area contributed by atoms with Crippen molar-refractivity contribution in [2.24, 2.45) is 0 Å². The summed E-state index contributed by atoms with van der Waals surface area (Å²) in [6, 6.07) is 3.19. The highest BCUT2D eigenvalue weighted by Crippen LogP contribution is 2.40. The molecule has 30 heavy (non-hydrogen) atoms. The van der Waals surface area contributed by atoms with Gasteiger partial charge in [-0.05, 0) is 52.2 Å². The fraction of sp³-hybridized carbons (Fsp3) is 0.619. The SMILES string of the molecule is CCOc1cc(C(=O)NNC(=O)CCCCC2CCSS2)cc(OCC)c1OCC. The second-order valence-electron chi connectivity index (χ2n) is 6.68. The number of benzene rings is 1. The Morgan fingerprint density at radius 1 is 1.00 bits per heavy atom. The molecule has 1 atom stereocenters. The third-order valence-corrected chi connectivity index (χ3v) is 7.40. The highest BCUT2D eigenvalue weighted by molar-refractivity contribution is 8.77. The van der Waals surface area contributed by atoms with Gasteiger partial charge in [-0.1, -0.05) is 28.0 Å². The number of carbonyl (C=O) groups is 2. The van der Waals surface area contributed by atoms with Crippen molar-refractivity contribution in [3.8, 4) is 17.2 Å². The average Bonchev–Trinajstić information content (AvgIpc) is 3.25. The lowest BCUT2D eigenvalue weighted by atomic mass is 10.1. The monoisotopic (exact) mass is 456 g/mol. The lowest BCUT2D eigenvalue weighted by molar-refractivity contribution is -0.122. The van der Waals surface area contributed by atoms with Crippen LogP contribution in [0.5, 0.6) is 17.2 Å². The van der Waals surface area contributed by atoms with Gasteiger partial charge < -0.3 is 14.2 Å². The van der Waals surface area contributed by atoms with Gasteiger partial charge in [-0.15, -0.1) is 0 Å². The van der Waals surface area contributed by atoms with Crippen molar-refractivity contribution in [3.63, 3.8) is 0 Å². The third kappa shape index (κ3) is 7.83. The number of unbranched alkanes of at least 4 members (excludes halogenated alkanes) is 1. The standard InChI is InChI=1S/C21H32N2O5S2/c1-4-26-17-13-15(14-18(27-5-2)20(17)28-6-3)21(25)23-22-19(24)10-8-7-9-16-11-12-29-30-16/h13-14,16H,4-12H2,1-3H3,(H,22,24)(H,23,25). The van der Waals surface area contributed by atoms with E-state index in [4.69, 9.17) is 14.2 Å². The molecule has 2 amide bonds. The van der Waals surface area contributed by atoms with Crippen LogP contribution in [-0.4, -0.2) is 42.6 Å². The maximum Gasteiger partial charge on any atom is 0.269 e. The summed E-state index contributed by atoms with van der Waals surface area (Å²) in [4.78, 5) is 24.6. The lowest BCUT2D eigenvalue weighted by Crippen LogP contribution is -2.41. The van der Waals surface area contributed by atoms with Crippen LogP contribution >= 0.6 is 21.6 Å². The molecule has 1 aliphatic heterocycles. The summed E-state index contributed by atoms with van der Waals surface area (Å²) >= 11 is 0. The number of amides is 2. The highest BCUT2D eigenvalue weighted by atomic mass is 33.1. The van der Waals surface area contributed by atoms with Crippen molar-refractivity contribution in [1.82, 2.24) is 10.9 Å². The van der Waals surface area contributed by atoms with Gasteiger partial charge in [0.25, 0.3) is 5.91 Å². The van der Waals surface area contributed by atoms with Crippen LogP contribution in [0.15, 0.2) is 12.1 Å². The predicted molar refractivity (Wildman–Crippen MR) is 122 cm³/mol. The molecule has 1 heterocycles. The molecular weight excluding hydrogens is 424 g/mol. The largest absolute Gasteiger partial charge is 0.490 e. The molecule has 168 valence electrons. The Morgan fingerprint density at radius 3 is 2.23 bits per heavy atom. The molecule has 2 rings (SSSR count). The van der Waals surface area contributed by atoms with Crippen LogP contribution in [0, 0.1) is 0 Å². The molecule has 1 fully saturated rings. The summed E-state index contributed by atoms with van der Waals surface area (Å²) in [6.45, 7) is 6.87. The summed E-state index contributed by atoms with van der Waals surface area (Å²) in [6.07, 6.45) is 4.63. The number of hydrogen-bond donors (Lipinski definition) is 2. The first-order valence-electron chi connectivity index (χ1n) is 10.5. The normalized spacial score (nSPS) is 15.5. The molecule has 0 aliphatic carbocycles. The van der Waals surface area contributed by atoms with Gasteiger partial charge in [-0.25, -0.2) is 0 Å². The summed E-state index contributed by atoms with van der Waals surface area (Å²) < 4.78 is 16.9. The first kappa shape index (κ1) is 24.5. The van der Waals surface area contributed by atoms with Crippen LogP contribution in [0.3, 0.4) is 0 Å². The van der Waals surface area contributed by atoms with Gasteiger partial charge in [-0.2, -0.15) is 0 Å². The van der Waals surface area contributed by atoms with Gasteiger partial charge in [0.1, 0.15) is 0 Å². The second-order valence-corrected chi connectivity index (χ2v) is 9.47. The molecule has 0 saturated carbocycles. The van der Waals surface area contributed by atoms with Gasteiger partial charge in [0.15, 0.2) is 11.5 Å². The zero-order valence-electron chi connectivity index (χ0n) is 18.0. The maximum atomic E-state index is 12.6. The summed E-state index contributed by atoms with van der Waals surface area (Å²) in [7, 11) is 3.89. The molecule has 0 radical (unpaired) electrons. The minimum absolute atomic E-state index is 0.196. The van der Waals surface area contributed by atoms with Crippen LogP contribution in [0.1, 0.15) is 63.2 Å². The Bertz CT molecular complexity index is 669. The van der Waals surface area contributed by atoms with Crippen LogP contribution < -0.4 is 25.1 Å². The van der Waals surface area contributed by atoms with Crippen LogP contribution in [0.4, 0.5) is 0 Å². The minimum Gasteiger partial charge on any atom is -0.490 e. The number of carbonyl (C=O) groups excluding carboxylic acids is 2. The van der Waals surface area contributed by atoms with E-state index in [0.717, 1.165) is 24.5 Å². The number of nitrogens with one attached hydrogen (secondary N) is 2.